The highest BCUT2D eigenvalue weighted by atomic mass is 79.9. The van der Waals surface area contributed by atoms with Gasteiger partial charge in [0.15, 0.2) is 0 Å². The molecule has 1 N–H and O–H groups in total. The van der Waals surface area contributed by atoms with Gasteiger partial charge in [-0.2, -0.15) is 0 Å². The first kappa shape index (κ1) is 12.4. The number of benzene rings is 1. The Morgan fingerprint density at radius 3 is 2.47 bits per heavy atom. The lowest BCUT2D eigenvalue weighted by molar-refractivity contribution is 0.592. The Bertz CT molecular complexity index is 459. The third kappa shape index (κ3) is 3.17. The zero-order chi connectivity index (χ0) is 11.6. The summed E-state index contributed by atoms with van der Waals surface area (Å²) in [4.78, 5) is 0. The van der Waals surface area contributed by atoms with Gasteiger partial charge in [-0.15, -0.1) is 0 Å². The Balaban J connectivity index is 3.01. The third-order valence-electron chi connectivity index (χ3n) is 1.80. The third-order valence-corrected chi connectivity index (χ3v) is 4.21. The highest BCUT2D eigenvalue weighted by molar-refractivity contribution is 9.10. The van der Waals surface area contributed by atoms with E-state index in [-0.39, 0.29) is 0 Å². The van der Waals surface area contributed by atoms with E-state index < -0.39 is 21.1 Å². The van der Waals surface area contributed by atoms with Crippen molar-refractivity contribution in [2.75, 3.05) is 4.72 Å². The van der Waals surface area contributed by atoms with Gasteiger partial charge < -0.3 is 0 Å². The second-order valence-corrected chi connectivity index (χ2v) is 6.41. The fourth-order valence-electron chi connectivity index (χ4n) is 0.843. The van der Waals surface area contributed by atoms with Gasteiger partial charge >= 0.3 is 0 Å². The largest absolute Gasteiger partial charge is 0.282 e. The van der Waals surface area contributed by atoms with Crippen LogP contribution in [0.1, 0.15) is 13.8 Å². The fraction of sp³-hybridized carbons (Fsp3) is 0.333. The van der Waals surface area contributed by atoms with Crippen molar-refractivity contribution in [3.63, 3.8) is 0 Å². The summed E-state index contributed by atoms with van der Waals surface area (Å²) in [6, 6.07) is 3.78. The van der Waals surface area contributed by atoms with Gasteiger partial charge in [0, 0.05) is 4.47 Å². The van der Waals surface area contributed by atoms with Gasteiger partial charge in [-0.05, 0) is 48.0 Å². The summed E-state index contributed by atoms with van der Waals surface area (Å²) in [5.41, 5.74) is 0.338. The number of hydrogen-bond donors (Lipinski definition) is 1. The lowest BCUT2D eigenvalue weighted by atomic mass is 10.3. The average Bonchev–Trinajstić information content (AvgIpc) is 2.09. The molecule has 0 aromatic heterocycles. The maximum absolute atomic E-state index is 12.7. The molecular formula is C9H11BrFNO2S. The molecular weight excluding hydrogens is 285 g/mol. The summed E-state index contributed by atoms with van der Waals surface area (Å²) in [6.45, 7) is 3.14. The zero-order valence-electron chi connectivity index (χ0n) is 8.29. The molecule has 1 rings (SSSR count). The second kappa shape index (κ2) is 4.49. The number of sulfonamides is 1. The van der Waals surface area contributed by atoms with Gasteiger partial charge in [0.1, 0.15) is 5.82 Å². The van der Waals surface area contributed by atoms with Crippen molar-refractivity contribution in [2.24, 2.45) is 0 Å². The normalized spacial score (nSPS) is 11.8. The predicted molar refractivity (Wildman–Crippen MR) is 61.8 cm³/mol. The molecule has 0 atom stereocenters. The van der Waals surface area contributed by atoms with Crippen molar-refractivity contribution in [1.29, 1.82) is 0 Å². The van der Waals surface area contributed by atoms with Crippen molar-refractivity contribution >= 4 is 31.6 Å². The molecule has 15 heavy (non-hydrogen) atoms. The van der Waals surface area contributed by atoms with Crippen LogP contribution in [-0.4, -0.2) is 13.7 Å². The summed E-state index contributed by atoms with van der Waals surface area (Å²) >= 11 is 3.08. The van der Waals surface area contributed by atoms with Crippen LogP contribution < -0.4 is 4.72 Å². The second-order valence-electron chi connectivity index (χ2n) is 3.32. The first-order valence-electron chi connectivity index (χ1n) is 4.29. The molecule has 0 amide bonds. The van der Waals surface area contributed by atoms with Gasteiger partial charge in [0.2, 0.25) is 10.0 Å². The van der Waals surface area contributed by atoms with Gasteiger partial charge in [0.05, 0.1) is 10.9 Å². The van der Waals surface area contributed by atoms with Crippen LogP contribution in [0, 0.1) is 5.82 Å². The first-order chi connectivity index (χ1) is 6.83. The minimum Gasteiger partial charge on any atom is -0.282 e. The highest BCUT2D eigenvalue weighted by Crippen LogP contribution is 2.24. The maximum Gasteiger partial charge on any atom is 0.235 e. The smallest absolute Gasteiger partial charge is 0.235 e. The monoisotopic (exact) mass is 295 g/mol. The standard InChI is InChI=1S/C9H11BrFNO2S/c1-6(2)15(13,14)12-9-4-3-7(11)5-8(9)10/h3-6,12H,1-2H3. The molecule has 1 aromatic carbocycles. The zero-order valence-corrected chi connectivity index (χ0v) is 10.7. The van der Waals surface area contributed by atoms with Gasteiger partial charge in [-0.25, -0.2) is 12.8 Å². The maximum atomic E-state index is 12.7. The Hall–Kier alpha value is -0.620. The van der Waals surface area contributed by atoms with Gasteiger partial charge in [-0.1, -0.05) is 0 Å². The molecule has 0 saturated carbocycles. The summed E-state index contributed by atoms with van der Waals surface area (Å²) < 4.78 is 38.5. The van der Waals surface area contributed by atoms with Crippen molar-refractivity contribution in [2.45, 2.75) is 19.1 Å². The van der Waals surface area contributed by atoms with E-state index in [9.17, 15) is 12.8 Å². The van der Waals surface area contributed by atoms with Crippen molar-refractivity contribution in [3.05, 3.63) is 28.5 Å². The molecule has 3 nitrogen and oxygen atoms in total. The summed E-state index contributed by atoms with van der Waals surface area (Å²) in [6.07, 6.45) is 0. The topological polar surface area (TPSA) is 46.2 Å². The Morgan fingerprint density at radius 2 is 2.00 bits per heavy atom. The van der Waals surface area contributed by atoms with E-state index in [0.29, 0.717) is 10.2 Å². The minimum atomic E-state index is -3.39. The summed E-state index contributed by atoms with van der Waals surface area (Å²) in [5.74, 6) is -0.422. The Labute approximate surface area is 96.9 Å². The Morgan fingerprint density at radius 1 is 1.40 bits per heavy atom. The van der Waals surface area contributed by atoms with Crippen LogP contribution in [-0.2, 0) is 10.0 Å². The number of halogens is 2. The lowest BCUT2D eigenvalue weighted by Gasteiger charge is -2.11. The van der Waals surface area contributed by atoms with Crippen LogP contribution in [0.5, 0.6) is 0 Å². The molecule has 84 valence electrons. The van der Waals surface area contributed by atoms with Crippen LogP contribution in [0.15, 0.2) is 22.7 Å². The first-order valence-corrected chi connectivity index (χ1v) is 6.63. The molecule has 0 spiro atoms. The minimum absolute atomic E-state index is 0.338. The van der Waals surface area contributed by atoms with E-state index in [2.05, 4.69) is 20.7 Å². The molecule has 0 fully saturated rings. The average molecular weight is 296 g/mol. The molecule has 0 unspecified atom stereocenters. The number of anilines is 1. The van der Waals surface area contributed by atoms with Crippen molar-refractivity contribution < 1.29 is 12.8 Å². The summed E-state index contributed by atoms with van der Waals surface area (Å²) in [5, 5.41) is -0.533. The van der Waals surface area contributed by atoms with Gasteiger partial charge in [0.25, 0.3) is 0 Å². The van der Waals surface area contributed by atoms with Crippen LogP contribution in [0.3, 0.4) is 0 Å². The molecule has 0 saturated heterocycles. The van der Waals surface area contributed by atoms with E-state index in [0.717, 1.165) is 0 Å². The lowest BCUT2D eigenvalue weighted by Crippen LogP contribution is -2.22. The quantitative estimate of drug-likeness (QED) is 0.932. The van der Waals surface area contributed by atoms with E-state index in [4.69, 9.17) is 0 Å². The highest BCUT2D eigenvalue weighted by Gasteiger charge is 2.16. The van der Waals surface area contributed by atoms with Crippen molar-refractivity contribution in [1.82, 2.24) is 0 Å². The number of nitrogens with one attached hydrogen (secondary N) is 1. The van der Waals surface area contributed by atoms with Crippen LogP contribution in [0.2, 0.25) is 0 Å². The molecule has 6 heteroatoms. The van der Waals surface area contributed by atoms with Crippen LogP contribution in [0.4, 0.5) is 10.1 Å². The molecule has 0 radical (unpaired) electrons. The molecule has 0 heterocycles. The number of hydrogen-bond acceptors (Lipinski definition) is 2. The molecule has 0 aliphatic rings. The van der Waals surface area contributed by atoms with Crippen LogP contribution in [0.25, 0.3) is 0 Å². The van der Waals surface area contributed by atoms with Crippen LogP contribution >= 0.6 is 15.9 Å². The van der Waals surface area contributed by atoms with E-state index in [1.165, 1.54) is 18.2 Å². The fourth-order valence-corrected chi connectivity index (χ4v) is 2.14. The Kier molecular flexibility index (Phi) is 3.72. The van der Waals surface area contributed by atoms with Gasteiger partial charge in [-0.3, -0.25) is 4.72 Å². The number of rotatable bonds is 3. The van der Waals surface area contributed by atoms with E-state index in [1.54, 1.807) is 13.8 Å². The van der Waals surface area contributed by atoms with E-state index in [1.807, 2.05) is 0 Å². The SMILES string of the molecule is CC(C)S(=O)(=O)Nc1ccc(F)cc1Br. The molecule has 1 aromatic rings. The molecule has 0 aliphatic carbocycles. The van der Waals surface area contributed by atoms with Crippen molar-refractivity contribution in [3.8, 4) is 0 Å². The molecule has 0 aliphatic heterocycles. The predicted octanol–water partition coefficient (Wildman–Crippen LogP) is 2.74. The van der Waals surface area contributed by atoms with E-state index >= 15 is 0 Å². The summed E-state index contributed by atoms with van der Waals surface area (Å²) in [7, 11) is -3.39. The molecule has 0 bridgehead atoms.